The van der Waals surface area contributed by atoms with E-state index in [0.717, 1.165) is 11.1 Å². The summed E-state index contributed by atoms with van der Waals surface area (Å²) in [6, 6.07) is 9.99. The summed E-state index contributed by atoms with van der Waals surface area (Å²) < 4.78 is 19.0. The summed E-state index contributed by atoms with van der Waals surface area (Å²) in [6.45, 7) is -0.0689. The van der Waals surface area contributed by atoms with Gasteiger partial charge in [0.1, 0.15) is 17.3 Å². The fourth-order valence-corrected chi connectivity index (χ4v) is 2.92. The lowest BCUT2D eigenvalue weighted by Crippen LogP contribution is -1.91. The van der Waals surface area contributed by atoms with Crippen molar-refractivity contribution >= 4 is 22.6 Å². The van der Waals surface area contributed by atoms with Crippen LogP contribution in [0.3, 0.4) is 0 Å². The van der Waals surface area contributed by atoms with Gasteiger partial charge in [-0.25, -0.2) is 9.37 Å². The highest BCUT2D eigenvalue weighted by Crippen LogP contribution is 2.32. The molecule has 4 aromatic rings. The summed E-state index contributed by atoms with van der Waals surface area (Å²) in [5.74, 6) is 0.618. The number of aromatic nitrogens is 4. The smallest absolute Gasteiger partial charge is 0.156 e. The predicted molar refractivity (Wildman–Crippen MR) is 96.6 cm³/mol. The zero-order valence-corrected chi connectivity index (χ0v) is 14.4. The fourth-order valence-electron chi connectivity index (χ4n) is 2.76. The van der Waals surface area contributed by atoms with Crippen LogP contribution in [-0.4, -0.2) is 32.4 Å². The Hall–Kier alpha value is -2.90. The number of hydrogen-bond acceptors (Lipinski definition) is 4. The third-order valence-electron chi connectivity index (χ3n) is 4.08. The lowest BCUT2D eigenvalue weighted by molar-refractivity contribution is 0.281. The van der Waals surface area contributed by atoms with E-state index in [1.54, 1.807) is 19.2 Å². The maximum atomic E-state index is 13.6. The summed E-state index contributed by atoms with van der Waals surface area (Å²) in [7, 11) is 1.56. The summed E-state index contributed by atoms with van der Waals surface area (Å²) in [4.78, 5) is 7.47. The first-order valence-corrected chi connectivity index (χ1v) is 8.15. The molecule has 0 amide bonds. The van der Waals surface area contributed by atoms with Gasteiger partial charge in [0.15, 0.2) is 5.82 Å². The van der Waals surface area contributed by atoms with Crippen molar-refractivity contribution < 1.29 is 14.2 Å². The molecule has 0 unspecified atom stereocenters. The van der Waals surface area contributed by atoms with Gasteiger partial charge in [-0.05, 0) is 29.8 Å². The average Bonchev–Trinajstić information content (AvgIpc) is 3.28. The van der Waals surface area contributed by atoms with Gasteiger partial charge in [-0.1, -0.05) is 17.7 Å². The molecule has 0 bridgehead atoms. The van der Waals surface area contributed by atoms with E-state index >= 15 is 0 Å². The van der Waals surface area contributed by atoms with Crippen molar-refractivity contribution in [3.05, 3.63) is 52.8 Å². The van der Waals surface area contributed by atoms with E-state index in [2.05, 4.69) is 20.2 Å². The second-order valence-corrected chi connectivity index (χ2v) is 6.14. The number of imidazole rings is 1. The molecule has 2 aromatic heterocycles. The maximum absolute atomic E-state index is 13.6. The largest absolute Gasteiger partial charge is 0.496 e. The van der Waals surface area contributed by atoms with Gasteiger partial charge in [0.2, 0.25) is 0 Å². The molecule has 3 N–H and O–H groups in total. The van der Waals surface area contributed by atoms with E-state index in [1.165, 1.54) is 12.1 Å². The molecule has 0 fully saturated rings. The van der Waals surface area contributed by atoms with Crippen LogP contribution in [0.5, 0.6) is 5.75 Å². The molecule has 0 radical (unpaired) electrons. The van der Waals surface area contributed by atoms with Crippen LogP contribution in [0.15, 0.2) is 36.4 Å². The molecule has 0 aliphatic heterocycles. The van der Waals surface area contributed by atoms with Crippen LogP contribution in [-0.2, 0) is 6.61 Å². The highest BCUT2D eigenvalue weighted by atomic mass is 35.5. The number of halogens is 2. The van der Waals surface area contributed by atoms with E-state index in [4.69, 9.17) is 16.3 Å². The van der Waals surface area contributed by atoms with Crippen LogP contribution in [0.4, 0.5) is 4.39 Å². The Bertz CT molecular complexity index is 1070. The number of methoxy groups -OCH3 is 1. The molecular weight excluding hydrogens is 359 g/mol. The van der Waals surface area contributed by atoms with Crippen molar-refractivity contribution in [2.75, 3.05) is 7.11 Å². The van der Waals surface area contributed by atoms with E-state index in [1.807, 2.05) is 12.1 Å². The van der Waals surface area contributed by atoms with Gasteiger partial charge < -0.3 is 14.8 Å². The van der Waals surface area contributed by atoms with Crippen LogP contribution < -0.4 is 4.74 Å². The first kappa shape index (κ1) is 16.6. The van der Waals surface area contributed by atoms with Crippen LogP contribution >= 0.6 is 11.6 Å². The molecule has 8 heteroatoms. The molecule has 0 atom stereocenters. The highest BCUT2D eigenvalue weighted by Gasteiger charge is 2.14. The monoisotopic (exact) mass is 372 g/mol. The van der Waals surface area contributed by atoms with Gasteiger partial charge >= 0.3 is 0 Å². The van der Waals surface area contributed by atoms with Gasteiger partial charge in [0, 0.05) is 11.6 Å². The second-order valence-electron chi connectivity index (χ2n) is 5.73. The van der Waals surface area contributed by atoms with Gasteiger partial charge in [-0.2, -0.15) is 5.10 Å². The third kappa shape index (κ3) is 2.81. The first-order valence-electron chi connectivity index (χ1n) is 7.77. The summed E-state index contributed by atoms with van der Waals surface area (Å²) >= 11 is 5.80. The van der Waals surface area contributed by atoms with Crippen molar-refractivity contribution in [2.45, 2.75) is 6.61 Å². The number of nitrogens with zero attached hydrogens (tertiary/aromatic N) is 2. The fraction of sp³-hybridized carbons (Fsp3) is 0.111. The van der Waals surface area contributed by atoms with Gasteiger partial charge in [-0.15, -0.1) is 0 Å². The molecule has 2 heterocycles. The highest BCUT2D eigenvalue weighted by molar-refractivity contribution is 6.31. The second kappa shape index (κ2) is 6.44. The predicted octanol–water partition coefficient (Wildman–Crippen LogP) is 3.91. The molecule has 6 nitrogen and oxygen atoms in total. The van der Waals surface area contributed by atoms with Gasteiger partial charge in [0.25, 0.3) is 0 Å². The number of aromatic amines is 2. The quantitative estimate of drug-likeness (QED) is 0.507. The number of aliphatic hydroxyl groups excluding tert-OH is 1. The average molecular weight is 373 g/mol. The lowest BCUT2D eigenvalue weighted by atomic mass is 10.1. The number of rotatable bonds is 4. The summed E-state index contributed by atoms with van der Waals surface area (Å²) in [5.41, 5.74) is 3.93. The Balaban J connectivity index is 1.75. The van der Waals surface area contributed by atoms with Gasteiger partial charge in [0.05, 0.1) is 35.5 Å². The Kier molecular flexibility index (Phi) is 4.10. The number of fused-ring (bicyclic) bond motifs is 1. The van der Waals surface area contributed by atoms with E-state index in [-0.39, 0.29) is 11.6 Å². The number of nitrogens with one attached hydrogen (secondary N) is 2. The molecule has 0 saturated heterocycles. The number of ether oxygens (including phenoxy) is 1. The number of H-pyrrole nitrogens is 2. The zero-order valence-electron chi connectivity index (χ0n) is 13.7. The topological polar surface area (TPSA) is 86.8 Å². The Morgan fingerprint density at radius 1 is 1.23 bits per heavy atom. The van der Waals surface area contributed by atoms with Crippen LogP contribution in [0, 0.1) is 5.82 Å². The molecule has 4 rings (SSSR count). The molecule has 26 heavy (non-hydrogen) atoms. The minimum Gasteiger partial charge on any atom is -0.496 e. The molecule has 2 aromatic carbocycles. The van der Waals surface area contributed by atoms with Crippen molar-refractivity contribution in [1.29, 1.82) is 0 Å². The normalized spacial score (nSPS) is 11.2. The van der Waals surface area contributed by atoms with Crippen molar-refractivity contribution in [3.63, 3.8) is 0 Å². The van der Waals surface area contributed by atoms with E-state index in [0.29, 0.717) is 34.0 Å². The molecular formula is C18H14ClFN4O2. The molecule has 0 aliphatic carbocycles. The van der Waals surface area contributed by atoms with Crippen LogP contribution in [0.1, 0.15) is 5.56 Å². The third-order valence-corrected chi connectivity index (χ3v) is 4.37. The van der Waals surface area contributed by atoms with Crippen LogP contribution in [0.25, 0.3) is 33.8 Å². The molecule has 0 spiro atoms. The number of aliphatic hydroxyl groups is 1. The van der Waals surface area contributed by atoms with Gasteiger partial charge in [-0.3, -0.25) is 5.10 Å². The number of hydrogen-bond donors (Lipinski definition) is 3. The van der Waals surface area contributed by atoms with Crippen molar-refractivity contribution in [3.8, 4) is 28.5 Å². The van der Waals surface area contributed by atoms with Crippen molar-refractivity contribution in [2.24, 2.45) is 0 Å². The molecule has 0 saturated carbocycles. The minimum atomic E-state index is -0.506. The standard InChI is InChI=1S/C18H14ClFN4O2/c1-26-17-4-9(8-25)2-3-10(17)13-7-16(24-23-13)18-21-14-5-11(19)12(20)6-15(14)22-18/h2-7,25H,8H2,1H3,(H,21,22)(H,23,24). The Morgan fingerprint density at radius 3 is 2.85 bits per heavy atom. The zero-order chi connectivity index (χ0) is 18.3. The Morgan fingerprint density at radius 2 is 2.08 bits per heavy atom. The van der Waals surface area contributed by atoms with Crippen LogP contribution in [0.2, 0.25) is 5.02 Å². The van der Waals surface area contributed by atoms with E-state index in [9.17, 15) is 9.50 Å². The lowest BCUT2D eigenvalue weighted by Gasteiger charge is -2.07. The van der Waals surface area contributed by atoms with E-state index < -0.39 is 5.82 Å². The molecule has 0 aliphatic rings. The minimum absolute atomic E-state index is 0.0227. The summed E-state index contributed by atoms with van der Waals surface area (Å²) in [5, 5.41) is 16.5. The molecule has 132 valence electrons. The Labute approximate surface area is 152 Å². The summed E-state index contributed by atoms with van der Waals surface area (Å²) in [6.07, 6.45) is 0. The van der Waals surface area contributed by atoms with Crippen molar-refractivity contribution in [1.82, 2.24) is 20.2 Å². The SMILES string of the molecule is COc1cc(CO)ccc1-c1cc(-c2nc3cc(Cl)c(F)cc3[nH]2)[nH]n1. The maximum Gasteiger partial charge on any atom is 0.156 e. The number of benzene rings is 2. The first-order chi connectivity index (χ1) is 12.6.